The minimum Gasteiger partial charge on any atom is -0.378 e. The van der Waals surface area contributed by atoms with Gasteiger partial charge in [0.05, 0.1) is 12.3 Å². The molecule has 2 rings (SSSR count). The Morgan fingerprint density at radius 1 is 1.58 bits per heavy atom. The molecule has 2 heterocycles. The molecule has 0 saturated carbocycles. The van der Waals surface area contributed by atoms with Crippen LogP contribution in [0.25, 0.3) is 0 Å². The van der Waals surface area contributed by atoms with E-state index in [1.54, 1.807) is 7.05 Å². The number of nitrogens with one attached hydrogen (secondary N) is 3. The molecule has 0 aromatic carbocycles. The highest BCUT2D eigenvalue weighted by molar-refractivity contribution is 7.89. The second-order valence-corrected chi connectivity index (χ2v) is 6.44. The molecule has 0 amide bonds. The second-order valence-electron chi connectivity index (χ2n) is 4.73. The molecule has 7 nitrogen and oxygen atoms in total. The van der Waals surface area contributed by atoms with Crippen molar-refractivity contribution in [2.75, 3.05) is 20.2 Å². The summed E-state index contributed by atoms with van der Waals surface area (Å²) in [6, 6.07) is 0. The van der Waals surface area contributed by atoms with Crippen LogP contribution in [0.1, 0.15) is 18.9 Å². The topological polar surface area (TPSA) is 96.1 Å². The molecule has 1 aliphatic rings. The standard InChI is InChI=1S/C11H20N4O3S/c1-8-9(3-4-18-8)7-14-19(16,17)11-10(5-12-2)6-13-15-11/h6,8-9,12,14H,3-5,7H2,1-2H3,(H,13,15). The monoisotopic (exact) mass is 288 g/mol. The van der Waals surface area contributed by atoms with Crippen LogP contribution in [0.5, 0.6) is 0 Å². The van der Waals surface area contributed by atoms with E-state index >= 15 is 0 Å². The van der Waals surface area contributed by atoms with Crippen LogP contribution in [-0.4, -0.2) is 44.9 Å². The third-order valence-corrected chi connectivity index (χ3v) is 4.82. The maximum Gasteiger partial charge on any atom is 0.257 e. The van der Waals surface area contributed by atoms with Gasteiger partial charge in [-0.2, -0.15) is 5.10 Å². The van der Waals surface area contributed by atoms with Crippen LogP contribution in [0.2, 0.25) is 0 Å². The summed E-state index contributed by atoms with van der Waals surface area (Å²) >= 11 is 0. The van der Waals surface area contributed by atoms with Gasteiger partial charge in [0.25, 0.3) is 10.0 Å². The number of aromatic amines is 1. The Balaban J connectivity index is 2.03. The SMILES string of the molecule is CNCc1cn[nH]c1S(=O)(=O)NCC1CCOC1C. The highest BCUT2D eigenvalue weighted by Gasteiger charge is 2.27. The Hall–Kier alpha value is -0.960. The lowest BCUT2D eigenvalue weighted by Crippen LogP contribution is -2.32. The van der Waals surface area contributed by atoms with E-state index in [4.69, 9.17) is 4.74 Å². The molecule has 108 valence electrons. The zero-order valence-electron chi connectivity index (χ0n) is 11.1. The number of sulfonamides is 1. The van der Waals surface area contributed by atoms with Gasteiger partial charge >= 0.3 is 0 Å². The molecule has 1 aromatic rings. The summed E-state index contributed by atoms with van der Waals surface area (Å²) < 4.78 is 32.4. The predicted molar refractivity (Wildman–Crippen MR) is 70.1 cm³/mol. The molecule has 0 spiro atoms. The fourth-order valence-corrected chi connectivity index (χ4v) is 3.40. The fraction of sp³-hybridized carbons (Fsp3) is 0.727. The summed E-state index contributed by atoms with van der Waals surface area (Å²) in [5, 5.41) is 9.39. The predicted octanol–water partition coefficient (Wildman–Crippen LogP) is -0.168. The van der Waals surface area contributed by atoms with Crippen molar-refractivity contribution in [2.45, 2.75) is 31.0 Å². The van der Waals surface area contributed by atoms with Crippen molar-refractivity contribution < 1.29 is 13.2 Å². The number of ether oxygens (including phenoxy) is 1. The van der Waals surface area contributed by atoms with E-state index < -0.39 is 10.0 Å². The summed E-state index contributed by atoms with van der Waals surface area (Å²) in [4.78, 5) is 0. The van der Waals surface area contributed by atoms with Gasteiger partial charge in [0.15, 0.2) is 5.03 Å². The van der Waals surface area contributed by atoms with Crippen LogP contribution in [0, 0.1) is 5.92 Å². The molecule has 8 heteroatoms. The van der Waals surface area contributed by atoms with E-state index in [0.717, 1.165) is 6.42 Å². The Labute approximate surface area is 113 Å². The Kier molecular flexibility index (Phi) is 4.56. The van der Waals surface area contributed by atoms with Gasteiger partial charge in [0.2, 0.25) is 0 Å². The summed E-state index contributed by atoms with van der Waals surface area (Å²) in [6.07, 6.45) is 2.50. The molecule has 0 radical (unpaired) electrons. The molecule has 19 heavy (non-hydrogen) atoms. The van der Waals surface area contributed by atoms with E-state index in [1.807, 2.05) is 6.92 Å². The van der Waals surface area contributed by atoms with Crippen molar-refractivity contribution in [2.24, 2.45) is 5.92 Å². The first-order valence-electron chi connectivity index (χ1n) is 6.32. The molecule has 1 aliphatic heterocycles. The molecule has 2 unspecified atom stereocenters. The third kappa shape index (κ3) is 3.33. The maximum absolute atomic E-state index is 12.2. The normalized spacial score (nSPS) is 23.9. The van der Waals surface area contributed by atoms with Gasteiger partial charge in [-0.05, 0) is 20.4 Å². The number of rotatable bonds is 6. The van der Waals surface area contributed by atoms with E-state index in [0.29, 0.717) is 25.3 Å². The van der Waals surface area contributed by atoms with Gasteiger partial charge in [-0.25, -0.2) is 13.1 Å². The molecule has 1 aromatic heterocycles. The van der Waals surface area contributed by atoms with Crippen molar-refractivity contribution in [3.63, 3.8) is 0 Å². The Morgan fingerprint density at radius 2 is 2.37 bits per heavy atom. The molecule has 0 aliphatic carbocycles. The van der Waals surface area contributed by atoms with Crippen molar-refractivity contribution in [1.29, 1.82) is 0 Å². The number of H-pyrrole nitrogens is 1. The van der Waals surface area contributed by atoms with Gasteiger partial charge in [0, 0.05) is 31.2 Å². The van der Waals surface area contributed by atoms with E-state index in [-0.39, 0.29) is 17.0 Å². The lowest BCUT2D eigenvalue weighted by atomic mass is 10.0. The minimum absolute atomic E-state index is 0.0984. The molecule has 3 N–H and O–H groups in total. The molecular formula is C11H20N4O3S. The minimum atomic E-state index is -3.54. The van der Waals surface area contributed by atoms with Crippen molar-refractivity contribution in [3.05, 3.63) is 11.8 Å². The average Bonchev–Trinajstić information content (AvgIpc) is 2.97. The maximum atomic E-state index is 12.2. The highest BCUT2D eigenvalue weighted by Crippen LogP contribution is 2.20. The van der Waals surface area contributed by atoms with Gasteiger partial charge in [-0.15, -0.1) is 0 Å². The third-order valence-electron chi connectivity index (χ3n) is 3.38. The van der Waals surface area contributed by atoms with Gasteiger partial charge in [0.1, 0.15) is 0 Å². The van der Waals surface area contributed by atoms with Crippen molar-refractivity contribution in [3.8, 4) is 0 Å². The first-order valence-corrected chi connectivity index (χ1v) is 7.81. The quantitative estimate of drug-likeness (QED) is 0.675. The molecular weight excluding hydrogens is 268 g/mol. The number of hydrogen-bond acceptors (Lipinski definition) is 5. The molecule has 1 saturated heterocycles. The first-order chi connectivity index (χ1) is 9.04. The van der Waals surface area contributed by atoms with Crippen molar-refractivity contribution >= 4 is 10.0 Å². The lowest BCUT2D eigenvalue weighted by Gasteiger charge is -2.14. The largest absolute Gasteiger partial charge is 0.378 e. The second kappa shape index (κ2) is 6.00. The van der Waals surface area contributed by atoms with Crippen LogP contribution in [0.4, 0.5) is 0 Å². The number of nitrogens with zero attached hydrogens (tertiary/aromatic N) is 1. The Morgan fingerprint density at radius 3 is 3.00 bits per heavy atom. The zero-order chi connectivity index (χ0) is 13.9. The van der Waals surface area contributed by atoms with Gasteiger partial charge in [-0.3, -0.25) is 5.10 Å². The fourth-order valence-electron chi connectivity index (χ4n) is 2.18. The average molecular weight is 288 g/mol. The van der Waals surface area contributed by atoms with E-state index in [2.05, 4.69) is 20.2 Å². The number of aromatic nitrogens is 2. The summed E-state index contributed by atoms with van der Waals surface area (Å²) in [5.74, 6) is 0.227. The van der Waals surface area contributed by atoms with E-state index in [9.17, 15) is 8.42 Å². The smallest absolute Gasteiger partial charge is 0.257 e. The lowest BCUT2D eigenvalue weighted by molar-refractivity contribution is 0.107. The molecule has 1 fully saturated rings. The van der Waals surface area contributed by atoms with Gasteiger partial charge < -0.3 is 10.1 Å². The summed E-state index contributed by atoms with van der Waals surface area (Å²) in [5.41, 5.74) is 0.630. The molecule has 0 bridgehead atoms. The van der Waals surface area contributed by atoms with Crippen LogP contribution < -0.4 is 10.0 Å². The van der Waals surface area contributed by atoms with Crippen LogP contribution in [0.15, 0.2) is 11.2 Å². The Bertz CT molecular complexity index is 514. The van der Waals surface area contributed by atoms with Crippen LogP contribution in [0.3, 0.4) is 0 Å². The highest BCUT2D eigenvalue weighted by atomic mass is 32.2. The summed E-state index contributed by atoms with van der Waals surface area (Å²) in [6.45, 7) is 3.51. The van der Waals surface area contributed by atoms with Crippen LogP contribution >= 0.6 is 0 Å². The molecule has 2 atom stereocenters. The van der Waals surface area contributed by atoms with Gasteiger partial charge in [-0.1, -0.05) is 0 Å². The first kappa shape index (κ1) is 14.4. The summed E-state index contributed by atoms with van der Waals surface area (Å²) in [7, 11) is -1.79. The number of hydrogen-bond donors (Lipinski definition) is 3. The van der Waals surface area contributed by atoms with E-state index in [1.165, 1.54) is 6.20 Å². The van der Waals surface area contributed by atoms with Crippen molar-refractivity contribution in [1.82, 2.24) is 20.2 Å². The van der Waals surface area contributed by atoms with Crippen LogP contribution in [-0.2, 0) is 21.3 Å². The zero-order valence-corrected chi connectivity index (χ0v) is 12.0.